The van der Waals surface area contributed by atoms with Gasteiger partial charge in [0.2, 0.25) is 10.0 Å². The molecule has 1 aromatic rings. The van der Waals surface area contributed by atoms with E-state index in [0.717, 1.165) is 43.6 Å². The van der Waals surface area contributed by atoms with Gasteiger partial charge < -0.3 is 5.32 Å². The molecule has 2 heterocycles. The van der Waals surface area contributed by atoms with Crippen LogP contribution < -0.4 is 10.0 Å². The molecule has 2 N–H and O–H groups in total. The van der Waals surface area contributed by atoms with Gasteiger partial charge in [0.1, 0.15) is 0 Å². The molecule has 0 bridgehead atoms. The Kier molecular flexibility index (Phi) is 5.17. The number of sulfonamides is 1. The summed E-state index contributed by atoms with van der Waals surface area (Å²) in [5, 5.41) is 7.56. The van der Waals surface area contributed by atoms with Gasteiger partial charge in [-0.2, -0.15) is 5.10 Å². The minimum absolute atomic E-state index is 0.210. The Labute approximate surface area is 121 Å². The molecule has 0 aromatic carbocycles. The van der Waals surface area contributed by atoms with Crippen LogP contribution in [0.15, 0.2) is 6.20 Å². The average Bonchev–Trinajstić information content (AvgIpc) is 2.78. The Morgan fingerprint density at radius 1 is 1.55 bits per heavy atom. The summed E-state index contributed by atoms with van der Waals surface area (Å²) >= 11 is 0. The van der Waals surface area contributed by atoms with Crippen LogP contribution in [-0.4, -0.2) is 37.0 Å². The van der Waals surface area contributed by atoms with Crippen molar-refractivity contribution in [1.29, 1.82) is 0 Å². The second kappa shape index (κ2) is 6.69. The van der Waals surface area contributed by atoms with E-state index in [4.69, 9.17) is 0 Å². The predicted molar refractivity (Wildman–Crippen MR) is 78.8 cm³/mol. The molecule has 1 aliphatic rings. The number of nitrogens with one attached hydrogen (secondary N) is 2. The first-order chi connectivity index (χ1) is 9.50. The Morgan fingerprint density at radius 3 is 3.00 bits per heavy atom. The number of aryl methyl sites for hydroxylation is 2. The van der Waals surface area contributed by atoms with Crippen LogP contribution in [0.4, 0.5) is 0 Å². The van der Waals surface area contributed by atoms with E-state index >= 15 is 0 Å². The maximum Gasteiger partial charge on any atom is 0.212 e. The monoisotopic (exact) mass is 300 g/mol. The zero-order chi connectivity index (χ0) is 14.6. The van der Waals surface area contributed by atoms with Crippen LogP contribution >= 0.6 is 0 Å². The fraction of sp³-hybridized carbons (Fsp3) is 0.769. The molecule has 0 radical (unpaired) electrons. The van der Waals surface area contributed by atoms with Crippen LogP contribution in [0, 0.1) is 5.92 Å². The Balaban J connectivity index is 1.91. The van der Waals surface area contributed by atoms with Crippen molar-refractivity contribution in [3.63, 3.8) is 0 Å². The molecule has 114 valence electrons. The van der Waals surface area contributed by atoms with Crippen LogP contribution in [-0.2, 0) is 30.0 Å². The third kappa shape index (κ3) is 4.29. The van der Waals surface area contributed by atoms with Crippen molar-refractivity contribution in [1.82, 2.24) is 19.8 Å². The van der Waals surface area contributed by atoms with Crippen molar-refractivity contribution in [2.75, 3.05) is 18.8 Å². The van der Waals surface area contributed by atoms with Crippen LogP contribution in [0.5, 0.6) is 0 Å². The molecule has 1 unspecified atom stereocenters. The lowest BCUT2D eigenvalue weighted by atomic mass is 10.0. The Morgan fingerprint density at radius 2 is 2.35 bits per heavy atom. The molecule has 7 heteroatoms. The van der Waals surface area contributed by atoms with Gasteiger partial charge in [0, 0.05) is 25.4 Å². The molecule has 1 aliphatic heterocycles. The van der Waals surface area contributed by atoms with Gasteiger partial charge in [0.25, 0.3) is 0 Å². The van der Waals surface area contributed by atoms with E-state index in [9.17, 15) is 8.42 Å². The summed E-state index contributed by atoms with van der Waals surface area (Å²) < 4.78 is 28.7. The highest BCUT2D eigenvalue weighted by Gasteiger charge is 2.21. The Hall–Kier alpha value is -0.920. The van der Waals surface area contributed by atoms with Gasteiger partial charge in [-0.15, -0.1) is 0 Å². The van der Waals surface area contributed by atoms with E-state index in [1.165, 1.54) is 0 Å². The molecule has 1 aromatic heterocycles. The second-order valence-corrected chi connectivity index (χ2v) is 7.29. The third-order valence-corrected chi connectivity index (χ3v) is 5.16. The number of aromatic nitrogens is 2. The van der Waals surface area contributed by atoms with E-state index < -0.39 is 10.0 Å². The quantitative estimate of drug-likeness (QED) is 0.797. The average molecular weight is 300 g/mol. The number of nitrogens with zero attached hydrogens (tertiary/aromatic N) is 2. The molecule has 0 amide bonds. The summed E-state index contributed by atoms with van der Waals surface area (Å²) in [4.78, 5) is 0. The van der Waals surface area contributed by atoms with Crippen LogP contribution in [0.1, 0.15) is 31.0 Å². The topological polar surface area (TPSA) is 76.0 Å². The largest absolute Gasteiger partial charge is 0.316 e. The van der Waals surface area contributed by atoms with E-state index in [-0.39, 0.29) is 11.7 Å². The molecule has 1 fully saturated rings. The zero-order valence-corrected chi connectivity index (χ0v) is 13.0. The van der Waals surface area contributed by atoms with Gasteiger partial charge in [0.15, 0.2) is 0 Å². The summed E-state index contributed by atoms with van der Waals surface area (Å²) in [5.74, 6) is 0.433. The maximum absolute atomic E-state index is 12.1. The molecule has 1 atom stereocenters. The van der Waals surface area contributed by atoms with Crippen molar-refractivity contribution < 1.29 is 8.42 Å². The van der Waals surface area contributed by atoms with Crippen LogP contribution in [0.2, 0.25) is 0 Å². The fourth-order valence-electron chi connectivity index (χ4n) is 2.65. The van der Waals surface area contributed by atoms with Gasteiger partial charge in [-0.3, -0.25) is 4.68 Å². The summed E-state index contributed by atoms with van der Waals surface area (Å²) in [5.41, 5.74) is 1.91. The van der Waals surface area contributed by atoms with Crippen LogP contribution in [0.3, 0.4) is 0 Å². The molecule has 0 saturated carbocycles. The van der Waals surface area contributed by atoms with Crippen LogP contribution in [0.25, 0.3) is 0 Å². The summed E-state index contributed by atoms with van der Waals surface area (Å²) in [6.45, 7) is 4.15. The Bertz CT molecular complexity index is 533. The highest BCUT2D eigenvalue weighted by atomic mass is 32.2. The molecular formula is C13H24N4O2S. The van der Waals surface area contributed by atoms with Gasteiger partial charge >= 0.3 is 0 Å². The van der Waals surface area contributed by atoms with Crippen molar-refractivity contribution in [2.24, 2.45) is 13.0 Å². The molecule has 0 aliphatic carbocycles. The lowest BCUT2D eigenvalue weighted by Gasteiger charge is -2.22. The first kappa shape index (κ1) is 15.5. The minimum atomic E-state index is -3.22. The standard InChI is InChI=1S/C13H24N4O2S/c1-3-13-12(9-17(2)16-13)8-15-20(18,19)10-11-5-4-6-14-7-11/h9,11,14-15H,3-8,10H2,1-2H3. The van der Waals surface area contributed by atoms with Gasteiger partial charge in [-0.25, -0.2) is 13.1 Å². The van der Waals surface area contributed by atoms with Gasteiger partial charge in [-0.05, 0) is 38.3 Å². The minimum Gasteiger partial charge on any atom is -0.316 e. The molecule has 6 nitrogen and oxygen atoms in total. The van der Waals surface area contributed by atoms with Crippen molar-refractivity contribution in [3.8, 4) is 0 Å². The van der Waals surface area contributed by atoms with E-state index in [2.05, 4.69) is 15.1 Å². The lowest BCUT2D eigenvalue weighted by molar-refractivity contribution is 0.402. The van der Waals surface area contributed by atoms with Crippen molar-refractivity contribution in [3.05, 3.63) is 17.5 Å². The lowest BCUT2D eigenvalue weighted by Crippen LogP contribution is -2.37. The fourth-order valence-corrected chi connectivity index (χ4v) is 4.05. The van der Waals surface area contributed by atoms with Gasteiger partial charge in [-0.1, -0.05) is 6.92 Å². The summed E-state index contributed by atoms with van der Waals surface area (Å²) in [6, 6.07) is 0. The highest BCUT2D eigenvalue weighted by Crippen LogP contribution is 2.13. The number of piperidine rings is 1. The highest BCUT2D eigenvalue weighted by molar-refractivity contribution is 7.89. The molecule has 0 spiro atoms. The second-order valence-electron chi connectivity index (χ2n) is 5.44. The summed E-state index contributed by atoms with van der Waals surface area (Å²) in [7, 11) is -1.37. The van der Waals surface area contributed by atoms with Crippen molar-refractivity contribution >= 4 is 10.0 Å². The number of rotatable bonds is 6. The maximum atomic E-state index is 12.1. The SMILES string of the molecule is CCc1nn(C)cc1CNS(=O)(=O)CC1CCCNC1. The first-order valence-corrected chi connectivity index (χ1v) is 8.85. The summed E-state index contributed by atoms with van der Waals surface area (Å²) in [6.07, 6.45) is 4.73. The molecular weight excluding hydrogens is 276 g/mol. The number of hydrogen-bond acceptors (Lipinski definition) is 4. The zero-order valence-electron chi connectivity index (χ0n) is 12.2. The third-order valence-electron chi connectivity index (χ3n) is 3.66. The molecule has 1 saturated heterocycles. The smallest absolute Gasteiger partial charge is 0.212 e. The van der Waals surface area contributed by atoms with E-state index in [1.54, 1.807) is 4.68 Å². The molecule has 20 heavy (non-hydrogen) atoms. The van der Waals surface area contributed by atoms with Gasteiger partial charge in [0.05, 0.1) is 11.4 Å². The first-order valence-electron chi connectivity index (χ1n) is 7.19. The van der Waals surface area contributed by atoms with E-state index in [0.29, 0.717) is 6.54 Å². The normalized spacial score (nSPS) is 20.2. The molecule has 2 rings (SSSR count). The van der Waals surface area contributed by atoms with E-state index in [1.807, 2.05) is 20.2 Å². The number of hydrogen-bond donors (Lipinski definition) is 2. The predicted octanol–water partition coefficient (Wildman–Crippen LogP) is 0.402. The van der Waals surface area contributed by atoms with Crippen molar-refractivity contribution in [2.45, 2.75) is 32.7 Å².